The van der Waals surface area contributed by atoms with E-state index in [9.17, 15) is 9.59 Å². The SMILES string of the molecule is CCC[C@H](C)N1C(=O)CC(=O)NC1=S. The molecule has 1 saturated heterocycles. The molecule has 4 nitrogen and oxygen atoms in total. The number of nitrogens with zero attached hydrogens (tertiary/aromatic N) is 1. The zero-order chi connectivity index (χ0) is 10.7. The lowest BCUT2D eigenvalue weighted by molar-refractivity contribution is -0.136. The van der Waals surface area contributed by atoms with Crippen LogP contribution < -0.4 is 5.32 Å². The minimum Gasteiger partial charge on any atom is -0.302 e. The Labute approximate surface area is 88.6 Å². The summed E-state index contributed by atoms with van der Waals surface area (Å²) < 4.78 is 0. The van der Waals surface area contributed by atoms with Crippen LogP contribution >= 0.6 is 12.2 Å². The molecule has 0 radical (unpaired) electrons. The van der Waals surface area contributed by atoms with Crippen LogP contribution in [0, 0.1) is 0 Å². The number of amides is 2. The van der Waals surface area contributed by atoms with Crippen LogP contribution in [0.2, 0.25) is 0 Å². The van der Waals surface area contributed by atoms with Crippen LogP contribution in [0.15, 0.2) is 0 Å². The molecule has 0 spiro atoms. The second kappa shape index (κ2) is 4.50. The van der Waals surface area contributed by atoms with Crippen molar-refractivity contribution < 1.29 is 9.59 Å². The van der Waals surface area contributed by atoms with Crippen LogP contribution in [-0.4, -0.2) is 27.9 Å². The molecule has 0 unspecified atom stereocenters. The number of hydrogen-bond donors (Lipinski definition) is 1. The summed E-state index contributed by atoms with van der Waals surface area (Å²) in [6.45, 7) is 3.98. The van der Waals surface area contributed by atoms with Crippen LogP contribution in [0.25, 0.3) is 0 Å². The lowest BCUT2D eigenvalue weighted by Gasteiger charge is -2.32. The highest BCUT2D eigenvalue weighted by Gasteiger charge is 2.30. The average Bonchev–Trinajstić information content (AvgIpc) is 2.01. The van der Waals surface area contributed by atoms with Gasteiger partial charge in [0, 0.05) is 6.04 Å². The van der Waals surface area contributed by atoms with Crippen molar-refractivity contribution in [3.05, 3.63) is 0 Å². The molecule has 1 fully saturated rings. The molecule has 0 aromatic rings. The fourth-order valence-electron chi connectivity index (χ4n) is 1.55. The zero-order valence-corrected chi connectivity index (χ0v) is 9.19. The predicted molar refractivity (Wildman–Crippen MR) is 56.6 cm³/mol. The van der Waals surface area contributed by atoms with Crippen molar-refractivity contribution in [2.75, 3.05) is 0 Å². The molecule has 0 saturated carbocycles. The van der Waals surface area contributed by atoms with Gasteiger partial charge in [0.2, 0.25) is 11.8 Å². The summed E-state index contributed by atoms with van der Waals surface area (Å²) in [4.78, 5) is 24.0. The first kappa shape index (κ1) is 11.1. The number of thiocarbonyl (C=S) groups is 1. The Hall–Kier alpha value is -0.970. The lowest BCUT2D eigenvalue weighted by atomic mass is 10.1. The van der Waals surface area contributed by atoms with Gasteiger partial charge in [-0.2, -0.15) is 0 Å². The molecular formula is C9H14N2O2S. The van der Waals surface area contributed by atoms with E-state index in [1.165, 1.54) is 4.90 Å². The molecule has 1 heterocycles. The van der Waals surface area contributed by atoms with Crippen LogP contribution in [0.1, 0.15) is 33.1 Å². The summed E-state index contributed by atoms with van der Waals surface area (Å²) >= 11 is 4.94. The molecule has 5 heteroatoms. The maximum Gasteiger partial charge on any atom is 0.238 e. The Kier molecular flexibility index (Phi) is 3.57. The highest BCUT2D eigenvalue weighted by atomic mass is 32.1. The Morgan fingerprint density at radius 1 is 1.57 bits per heavy atom. The van der Waals surface area contributed by atoms with Gasteiger partial charge in [-0.15, -0.1) is 0 Å². The van der Waals surface area contributed by atoms with Gasteiger partial charge in [0.15, 0.2) is 5.11 Å². The average molecular weight is 214 g/mol. The third-order valence-electron chi connectivity index (χ3n) is 2.19. The first-order chi connectivity index (χ1) is 6.56. The Bertz CT molecular complexity index is 258. The van der Waals surface area contributed by atoms with Gasteiger partial charge in [0.1, 0.15) is 6.42 Å². The van der Waals surface area contributed by atoms with Gasteiger partial charge in [-0.25, -0.2) is 0 Å². The molecule has 1 N–H and O–H groups in total. The summed E-state index contributed by atoms with van der Waals surface area (Å²) in [6, 6.07) is 0.0700. The molecule has 1 aliphatic rings. The van der Waals surface area contributed by atoms with Crippen molar-refractivity contribution in [2.24, 2.45) is 0 Å². The molecule has 0 aliphatic carbocycles. The molecule has 1 aliphatic heterocycles. The fraction of sp³-hybridized carbons (Fsp3) is 0.667. The van der Waals surface area contributed by atoms with Crippen LogP contribution in [-0.2, 0) is 9.59 Å². The second-order valence-electron chi connectivity index (χ2n) is 3.43. The molecular weight excluding hydrogens is 200 g/mol. The molecule has 1 atom stereocenters. The van der Waals surface area contributed by atoms with Gasteiger partial charge in [-0.1, -0.05) is 13.3 Å². The van der Waals surface area contributed by atoms with Crippen LogP contribution in [0.5, 0.6) is 0 Å². The third kappa shape index (κ3) is 2.29. The van der Waals surface area contributed by atoms with Gasteiger partial charge in [0.25, 0.3) is 0 Å². The van der Waals surface area contributed by atoms with Gasteiger partial charge >= 0.3 is 0 Å². The van der Waals surface area contributed by atoms with E-state index in [2.05, 4.69) is 5.32 Å². The largest absolute Gasteiger partial charge is 0.302 e. The van der Waals surface area contributed by atoms with E-state index in [0.29, 0.717) is 0 Å². The third-order valence-corrected chi connectivity index (χ3v) is 2.49. The molecule has 78 valence electrons. The predicted octanol–water partition coefficient (Wildman–Crippen LogP) is 0.808. The van der Waals surface area contributed by atoms with E-state index in [4.69, 9.17) is 12.2 Å². The van der Waals surface area contributed by atoms with E-state index in [-0.39, 0.29) is 29.4 Å². The van der Waals surface area contributed by atoms with Crippen molar-refractivity contribution >= 4 is 29.1 Å². The van der Waals surface area contributed by atoms with Crippen molar-refractivity contribution in [1.82, 2.24) is 10.2 Å². The smallest absolute Gasteiger partial charge is 0.238 e. The van der Waals surface area contributed by atoms with E-state index in [0.717, 1.165) is 12.8 Å². The van der Waals surface area contributed by atoms with E-state index >= 15 is 0 Å². The minimum atomic E-state index is -0.306. The maximum atomic E-state index is 11.5. The normalized spacial score (nSPS) is 19.6. The molecule has 14 heavy (non-hydrogen) atoms. The zero-order valence-electron chi connectivity index (χ0n) is 8.37. The maximum absolute atomic E-state index is 11.5. The number of hydrogen-bond acceptors (Lipinski definition) is 3. The fourth-order valence-corrected chi connectivity index (χ4v) is 1.95. The van der Waals surface area contributed by atoms with Crippen LogP contribution in [0.3, 0.4) is 0 Å². The first-order valence-electron chi connectivity index (χ1n) is 4.72. The summed E-state index contributed by atoms with van der Waals surface area (Å²) in [5, 5.41) is 2.74. The summed E-state index contributed by atoms with van der Waals surface area (Å²) in [7, 11) is 0. The van der Waals surface area contributed by atoms with Gasteiger partial charge in [-0.3, -0.25) is 14.5 Å². The van der Waals surface area contributed by atoms with Crippen molar-refractivity contribution in [3.8, 4) is 0 Å². The molecule has 0 aromatic heterocycles. The van der Waals surface area contributed by atoms with E-state index < -0.39 is 0 Å². The van der Waals surface area contributed by atoms with Crippen molar-refractivity contribution in [2.45, 2.75) is 39.2 Å². The topological polar surface area (TPSA) is 49.4 Å². The molecule has 0 aromatic carbocycles. The van der Waals surface area contributed by atoms with E-state index in [1.807, 2.05) is 13.8 Å². The van der Waals surface area contributed by atoms with Crippen molar-refractivity contribution in [3.63, 3.8) is 0 Å². The first-order valence-corrected chi connectivity index (χ1v) is 5.13. The molecule has 2 amide bonds. The van der Waals surface area contributed by atoms with Crippen molar-refractivity contribution in [1.29, 1.82) is 0 Å². The van der Waals surface area contributed by atoms with Gasteiger partial charge < -0.3 is 5.32 Å². The van der Waals surface area contributed by atoms with Crippen LogP contribution in [0.4, 0.5) is 0 Å². The summed E-state index contributed by atoms with van der Waals surface area (Å²) in [6.07, 6.45) is 1.79. The minimum absolute atomic E-state index is 0.0700. The number of rotatable bonds is 3. The monoisotopic (exact) mass is 214 g/mol. The van der Waals surface area contributed by atoms with Gasteiger partial charge in [-0.05, 0) is 25.6 Å². The standard InChI is InChI=1S/C9H14N2O2S/c1-3-4-6(2)11-8(13)5-7(12)10-9(11)14/h6H,3-5H2,1-2H3,(H,10,12,14)/t6-/m0/s1. The molecule has 0 bridgehead atoms. The highest BCUT2D eigenvalue weighted by molar-refractivity contribution is 7.80. The second-order valence-corrected chi connectivity index (χ2v) is 3.82. The summed E-state index contributed by atoms with van der Waals surface area (Å²) in [5.41, 5.74) is 0. The highest BCUT2D eigenvalue weighted by Crippen LogP contribution is 2.12. The number of carbonyl (C=O) groups is 2. The summed E-state index contributed by atoms with van der Waals surface area (Å²) in [5.74, 6) is -0.500. The Morgan fingerprint density at radius 3 is 2.71 bits per heavy atom. The Morgan fingerprint density at radius 2 is 2.21 bits per heavy atom. The Balaban J connectivity index is 2.71. The molecule has 1 rings (SSSR count). The number of carbonyl (C=O) groups excluding carboxylic acids is 2. The van der Waals surface area contributed by atoms with Gasteiger partial charge in [0.05, 0.1) is 0 Å². The van der Waals surface area contributed by atoms with E-state index in [1.54, 1.807) is 0 Å². The lowest BCUT2D eigenvalue weighted by Crippen LogP contribution is -2.55. The quantitative estimate of drug-likeness (QED) is 0.558. The number of nitrogens with one attached hydrogen (secondary N) is 1.